The molecule has 0 bridgehead atoms. The number of nitriles is 1. The summed E-state index contributed by atoms with van der Waals surface area (Å²) in [6, 6.07) is 55.5. The Morgan fingerprint density at radius 3 is 1.71 bits per heavy atom. The van der Waals surface area contributed by atoms with E-state index in [1.807, 2.05) is 97.1 Å². The van der Waals surface area contributed by atoms with Crippen LogP contribution in [-0.2, 0) is 0 Å². The number of ether oxygens (including phenoxy) is 1. The molecule has 0 amide bonds. The predicted octanol–water partition coefficient (Wildman–Crippen LogP) is 10.7. The highest BCUT2D eigenvalue weighted by Crippen LogP contribution is 2.56. The zero-order valence-electron chi connectivity index (χ0n) is 27.5. The fourth-order valence-electron chi connectivity index (χ4n) is 7.12. The maximum atomic E-state index is 9.78. The van der Waals surface area contributed by atoms with Crippen molar-refractivity contribution in [3.63, 3.8) is 0 Å². The average Bonchev–Trinajstić information content (AvgIpc) is 3.61. The Balaban J connectivity index is 1.30. The summed E-state index contributed by atoms with van der Waals surface area (Å²) in [6.45, 7) is 0. The first-order valence-electron chi connectivity index (χ1n) is 17.0. The molecule has 0 spiro atoms. The summed E-state index contributed by atoms with van der Waals surface area (Å²) in [5, 5.41) is 9.78. The molecule has 240 valence electrons. The number of rotatable bonds is 6. The topological polar surface area (TPSA) is 71.7 Å². The minimum absolute atomic E-state index is 0.244. The molecule has 5 heteroatoms. The van der Waals surface area contributed by atoms with Crippen molar-refractivity contribution in [2.75, 3.05) is 0 Å². The Kier molecular flexibility index (Phi) is 7.60. The van der Waals surface area contributed by atoms with Gasteiger partial charge in [-0.05, 0) is 46.5 Å². The Hall–Kier alpha value is -6.90. The molecule has 7 aromatic rings. The number of aromatic nitrogens is 3. The van der Waals surface area contributed by atoms with Gasteiger partial charge in [-0.3, -0.25) is 0 Å². The highest BCUT2D eigenvalue weighted by atomic mass is 16.5. The van der Waals surface area contributed by atoms with Gasteiger partial charge in [0.25, 0.3) is 0 Å². The van der Waals surface area contributed by atoms with Crippen LogP contribution < -0.4 is 4.74 Å². The van der Waals surface area contributed by atoms with E-state index < -0.39 is 0 Å². The maximum Gasteiger partial charge on any atom is 0.163 e. The minimum atomic E-state index is -0.272. The summed E-state index contributed by atoms with van der Waals surface area (Å²) >= 11 is 0. The molecule has 0 N–H and O–H groups in total. The third kappa shape index (κ3) is 5.59. The number of hydrogen-bond donors (Lipinski definition) is 0. The Morgan fingerprint density at radius 2 is 1.10 bits per heavy atom. The maximum absolute atomic E-state index is 9.78. The Labute approximate surface area is 296 Å². The van der Waals surface area contributed by atoms with E-state index in [9.17, 15) is 5.26 Å². The van der Waals surface area contributed by atoms with E-state index in [0.29, 0.717) is 23.0 Å². The Bertz CT molecular complexity index is 2450. The molecule has 0 saturated carbocycles. The molecule has 1 aromatic heterocycles. The molecular weight excluding hydrogens is 625 g/mol. The number of nitrogens with zero attached hydrogens (tertiary/aromatic N) is 4. The van der Waals surface area contributed by atoms with Gasteiger partial charge < -0.3 is 4.74 Å². The molecule has 2 unspecified atom stereocenters. The van der Waals surface area contributed by atoms with Crippen LogP contribution in [0.1, 0.15) is 34.4 Å². The van der Waals surface area contributed by atoms with Crippen molar-refractivity contribution in [1.82, 2.24) is 15.0 Å². The molecular formula is C46H30N4O. The predicted molar refractivity (Wildman–Crippen MR) is 201 cm³/mol. The van der Waals surface area contributed by atoms with Crippen LogP contribution in [-0.4, -0.2) is 15.0 Å². The first-order chi connectivity index (χ1) is 25.2. The fraction of sp³-hybridized carbons (Fsp3) is 0.0435. The summed E-state index contributed by atoms with van der Waals surface area (Å²) in [5.41, 5.74) is 9.67. The SMILES string of the molecule is N#Cc1cccc(C2=C3Oc4c(-c5ccccc5)cc(-c5ccccc5)cc4C3C(c3nc(-c4ccccc4)nc(-c4ccccc4)n3)C=C2)c1. The van der Waals surface area contributed by atoms with E-state index in [4.69, 9.17) is 19.7 Å². The third-order valence-corrected chi connectivity index (χ3v) is 9.55. The van der Waals surface area contributed by atoms with Gasteiger partial charge in [-0.1, -0.05) is 146 Å². The van der Waals surface area contributed by atoms with Crippen LogP contribution >= 0.6 is 0 Å². The van der Waals surface area contributed by atoms with Crippen molar-refractivity contribution in [2.24, 2.45) is 0 Å². The van der Waals surface area contributed by atoms with Gasteiger partial charge in [0.2, 0.25) is 0 Å². The Morgan fingerprint density at radius 1 is 0.529 bits per heavy atom. The first kappa shape index (κ1) is 30.2. The van der Waals surface area contributed by atoms with Crippen LogP contribution in [0.5, 0.6) is 5.75 Å². The molecule has 6 aromatic carbocycles. The number of benzene rings is 6. The van der Waals surface area contributed by atoms with Gasteiger partial charge in [0.1, 0.15) is 17.3 Å². The van der Waals surface area contributed by atoms with Gasteiger partial charge in [-0.15, -0.1) is 0 Å². The van der Waals surface area contributed by atoms with E-state index in [0.717, 1.165) is 61.6 Å². The van der Waals surface area contributed by atoms with Crippen LogP contribution in [0.3, 0.4) is 0 Å². The van der Waals surface area contributed by atoms with E-state index in [-0.39, 0.29) is 11.8 Å². The van der Waals surface area contributed by atoms with Crippen molar-refractivity contribution in [1.29, 1.82) is 5.26 Å². The van der Waals surface area contributed by atoms with Crippen molar-refractivity contribution < 1.29 is 4.74 Å². The fourth-order valence-corrected chi connectivity index (χ4v) is 7.12. The normalized spacial score (nSPS) is 15.8. The second kappa shape index (κ2) is 12.9. The summed E-state index contributed by atoms with van der Waals surface area (Å²) in [4.78, 5) is 15.3. The molecule has 0 fully saturated rings. The number of hydrogen-bond acceptors (Lipinski definition) is 5. The van der Waals surface area contributed by atoms with E-state index in [1.54, 1.807) is 0 Å². The van der Waals surface area contributed by atoms with Crippen LogP contribution in [0.2, 0.25) is 0 Å². The van der Waals surface area contributed by atoms with Gasteiger partial charge in [-0.2, -0.15) is 5.26 Å². The molecule has 0 saturated heterocycles. The van der Waals surface area contributed by atoms with Crippen molar-refractivity contribution in [2.45, 2.75) is 11.8 Å². The zero-order chi connectivity index (χ0) is 34.1. The molecule has 2 heterocycles. The first-order valence-corrected chi connectivity index (χ1v) is 17.0. The van der Waals surface area contributed by atoms with Crippen molar-refractivity contribution >= 4 is 5.57 Å². The lowest BCUT2D eigenvalue weighted by Crippen LogP contribution is -2.18. The lowest BCUT2D eigenvalue weighted by Gasteiger charge is -2.26. The molecule has 51 heavy (non-hydrogen) atoms. The number of allylic oxidation sites excluding steroid dienone is 4. The quantitative estimate of drug-likeness (QED) is 0.178. The second-order valence-corrected chi connectivity index (χ2v) is 12.7. The van der Waals surface area contributed by atoms with E-state index >= 15 is 0 Å². The largest absolute Gasteiger partial charge is 0.459 e. The molecule has 2 atom stereocenters. The van der Waals surface area contributed by atoms with E-state index in [1.165, 1.54) is 0 Å². The molecule has 9 rings (SSSR count). The highest BCUT2D eigenvalue weighted by molar-refractivity contribution is 5.86. The minimum Gasteiger partial charge on any atom is -0.459 e. The zero-order valence-corrected chi connectivity index (χ0v) is 27.5. The van der Waals surface area contributed by atoms with Gasteiger partial charge in [0, 0.05) is 27.8 Å². The van der Waals surface area contributed by atoms with Crippen LogP contribution in [0.25, 0.3) is 50.6 Å². The molecule has 0 radical (unpaired) electrons. The smallest absolute Gasteiger partial charge is 0.163 e. The van der Waals surface area contributed by atoms with Gasteiger partial charge in [0.05, 0.1) is 23.5 Å². The van der Waals surface area contributed by atoms with Gasteiger partial charge in [-0.25, -0.2) is 15.0 Å². The highest BCUT2D eigenvalue weighted by Gasteiger charge is 2.43. The average molecular weight is 655 g/mol. The third-order valence-electron chi connectivity index (χ3n) is 9.55. The van der Waals surface area contributed by atoms with Crippen LogP contribution in [0.4, 0.5) is 0 Å². The lowest BCUT2D eigenvalue weighted by molar-refractivity contribution is 0.418. The monoisotopic (exact) mass is 654 g/mol. The summed E-state index contributed by atoms with van der Waals surface area (Å²) < 4.78 is 7.08. The summed E-state index contributed by atoms with van der Waals surface area (Å²) in [7, 11) is 0. The number of fused-ring (bicyclic) bond motifs is 3. The molecule has 5 nitrogen and oxygen atoms in total. The van der Waals surface area contributed by atoms with E-state index in [2.05, 4.69) is 78.9 Å². The van der Waals surface area contributed by atoms with Crippen LogP contribution in [0, 0.1) is 11.3 Å². The van der Waals surface area contributed by atoms with Gasteiger partial charge in [0.15, 0.2) is 11.6 Å². The summed E-state index contributed by atoms with van der Waals surface area (Å²) in [6.07, 6.45) is 4.30. The van der Waals surface area contributed by atoms with Crippen LogP contribution in [0.15, 0.2) is 176 Å². The van der Waals surface area contributed by atoms with Gasteiger partial charge >= 0.3 is 0 Å². The second-order valence-electron chi connectivity index (χ2n) is 12.7. The molecule has 1 aliphatic heterocycles. The molecule has 1 aliphatic carbocycles. The summed E-state index contributed by atoms with van der Waals surface area (Å²) in [5.74, 6) is 3.02. The van der Waals surface area contributed by atoms with Crippen molar-refractivity contribution in [3.8, 4) is 56.8 Å². The van der Waals surface area contributed by atoms with Crippen molar-refractivity contribution in [3.05, 3.63) is 198 Å². The lowest BCUT2D eigenvalue weighted by atomic mass is 9.77. The standard InChI is InChI=1S/C46H30N4O/c47-29-30-14-13-23-35(26-30)37-24-25-38(46-49-44(33-19-9-3-10-20-33)48-45(50-46)34-21-11-4-12-22-34)41-40-28-36(31-15-5-1-6-16-31)27-39(42(40)51-43(37)41)32-17-7-2-8-18-32/h1-28,38,41H. The molecule has 2 aliphatic rings.